The van der Waals surface area contributed by atoms with Gasteiger partial charge in [-0.2, -0.15) is 11.8 Å². The number of aryl methyl sites for hydroxylation is 1. The van der Waals surface area contributed by atoms with Crippen LogP contribution in [0.1, 0.15) is 18.9 Å². The van der Waals surface area contributed by atoms with Gasteiger partial charge in [-0.1, -0.05) is 28.9 Å². The van der Waals surface area contributed by atoms with Gasteiger partial charge in [0.25, 0.3) is 0 Å². The third-order valence-electron chi connectivity index (χ3n) is 2.04. The van der Waals surface area contributed by atoms with Crippen LogP contribution in [0.3, 0.4) is 0 Å². The number of rotatable bonds is 5. The number of anilines is 1. The van der Waals surface area contributed by atoms with E-state index in [-0.39, 0.29) is 5.91 Å². The van der Waals surface area contributed by atoms with Crippen molar-refractivity contribution in [3.63, 3.8) is 0 Å². The van der Waals surface area contributed by atoms with Crippen LogP contribution >= 0.6 is 27.7 Å². The lowest BCUT2D eigenvalue weighted by Gasteiger charge is -2.06. The number of hydrogen-bond donors (Lipinski definition) is 1. The van der Waals surface area contributed by atoms with E-state index in [1.165, 1.54) is 5.56 Å². The Morgan fingerprint density at radius 3 is 2.88 bits per heavy atom. The minimum absolute atomic E-state index is 0.0641. The standard InChI is InChI=1S/C12H16BrNOS/c1-3-6-16-8-12(15)14-10-5-4-9(2)11(13)7-10/h4-5,7H,3,6,8H2,1-2H3,(H,14,15). The van der Waals surface area contributed by atoms with Gasteiger partial charge < -0.3 is 5.32 Å². The summed E-state index contributed by atoms with van der Waals surface area (Å²) in [6, 6.07) is 5.83. The second-order valence-electron chi connectivity index (χ2n) is 3.56. The summed E-state index contributed by atoms with van der Waals surface area (Å²) >= 11 is 5.11. The van der Waals surface area contributed by atoms with E-state index in [0.717, 1.165) is 22.3 Å². The van der Waals surface area contributed by atoms with Gasteiger partial charge in [0, 0.05) is 10.2 Å². The number of carbonyl (C=O) groups is 1. The fourth-order valence-corrected chi connectivity index (χ4v) is 2.25. The van der Waals surface area contributed by atoms with E-state index < -0.39 is 0 Å². The Hall–Kier alpha value is -0.480. The Bertz CT molecular complexity index is 368. The van der Waals surface area contributed by atoms with Gasteiger partial charge in [-0.05, 0) is 36.8 Å². The van der Waals surface area contributed by atoms with E-state index >= 15 is 0 Å². The van der Waals surface area contributed by atoms with Crippen LogP contribution in [0.25, 0.3) is 0 Å². The Morgan fingerprint density at radius 2 is 2.25 bits per heavy atom. The van der Waals surface area contributed by atoms with Crippen LogP contribution in [0, 0.1) is 6.92 Å². The van der Waals surface area contributed by atoms with Crippen molar-refractivity contribution in [3.05, 3.63) is 28.2 Å². The largest absolute Gasteiger partial charge is 0.325 e. The summed E-state index contributed by atoms with van der Waals surface area (Å²) in [5.41, 5.74) is 2.01. The highest BCUT2D eigenvalue weighted by molar-refractivity contribution is 9.10. The highest BCUT2D eigenvalue weighted by atomic mass is 79.9. The zero-order valence-corrected chi connectivity index (χ0v) is 12.0. The van der Waals surface area contributed by atoms with Crippen molar-refractivity contribution < 1.29 is 4.79 Å². The second-order valence-corrected chi connectivity index (χ2v) is 5.52. The molecule has 1 N–H and O–H groups in total. The van der Waals surface area contributed by atoms with Crippen LogP contribution in [-0.2, 0) is 4.79 Å². The van der Waals surface area contributed by atoms with Crippen LogP contribution in [0.2, 0.25) is 0 Å². The first-order valence-electron chi connectivity index (χ1n) is 5.27. The van der Waals surface area contributed by atoms with Crippen LogP contribution in [0.5, 0.6) is 0 Å². The van der Waals surface area contributed by atoms with E-state index in [4.69, 9.17) is 0 Å². The molecule has 1 rings (SSSR count). The molecular weight excluding hydrogens is 286 g/mol. The van der Waals surface area contributed by atoms with Crippen molar-refractivity contribution in [3.8, 4) is 0 Å². The molecule has 1 aromatic carbocycles. The average molecular weight is 302 g/mol. The molecule has 0 fully saturated rings. The smallest absolute Gasteiger partial charge is 0.234 e. The van der Waals surface area contributed by atoms with Crippen molar-refractivity contribution in [1.29, 1.82) is 0 Å². The Balaban J connectivity index is 2.46. The molecule has 0 aliphatic rings. The van der Waals surface area contributed by atoms with Gasteiger partial charge in [-0.3, -0.25) is 4.79 Å². The molecule has 1 amide bonds. The monoisotopic (exact) mass is 301 g/mol. The minimum Gasteiger partial charge on any atom is -0.325 e. The molecular formula is C12H16BrNOS. The van der Waals surface area contributed by atoms with Crippen LogP contribution in [0.15, 0.2) is 22.7 Å². The fourth-order valence-electron chi connectivity index (χ4n) is 1.18. The van der Waals surface area contributed by atoms with Crippen molar-refractivity contribution >= 4 is 39.3 Å². The topological polar surface area (TPSA) is 29.1 Å². The van der Waals surface area contributed by atoms with Gasteiger partial charge in [0.15, 0.2) is 0 Å². The number of hydrogen-bond acceptors (Lipinski definition) is 2. The van der Waals surface area contributed by atoms with Crippen molar-refractivity contribution in [2.45, 2.75) is 20.3 Å². The highest BCUT2D eigenvalue weighted by Crippen LogP contribution is 2.20. The van der Waals surface area contributed by atoms with Gasteiger partial charge in [-0.25, -0.2) is 0 Å². The lowest BCUT2D eigenvalue weighted by atomic mass is 10.2. The lowest BCUT2D eigenvalue weighted by Crippen LogP contribution is -2.14. The Kier molecular flexibility index (Phi) is 5.91. The first kappa shape index (κ1) is 13.6. The summed E-state index contributed by atoms with van der Waals surface area (Å²) in [5, 5.41) is 2.88. The molecule has 0 aliphatic heterocycles. The summed E-state index contributed by atoms with van der Waals surface area (Å²) in [5.74, 6) is 1.62. The maximum Gasteiger partial charge on any atom is 0.234 e. The predicted octanol–water partition coefficient (Wildman–Crippen LogP) is 3.84. The molecule has 0 aliphatic carbocycles. The summed E-state index contributed by atoms with van der Waals surface area (Å²) in [6.45, 7) is 4.13. The number of benzene rings is 1. The van der Waals surface area contributed by atoms with Crippen LogP contribution < -0.4 is 5.32 Å². The molecule has 0 heterocycles. The van der Waals surface area contributed by atoms with E-state index in [2.05, 4.69) is 28.2 Å². The molecule has 0 saturated carbocycles. The van der Waals surface area contributed by atoms with Crippen molar-refractivity contribution in [2.24, 2.45) is 0 Å². The number of amides is 1. The van der Waals surface area contributed by atoms with Crippen LogP contribution in [0.4, 0.5) is 5.69 Å². The van der Waals surface area contributed by atoms with Crippen molar-refractivity contribution in [2.75, 3.05) is 16.8 Å². The van der Waals surface area contributed by atoms with Gasteiger partial charge in [0.05, 0.1) is 5.75 Å². The molecule has 1 aromatic rings. The lowest BCUT2D eigenvalue weighted by molar-refractivity contribution is -0.113. The molecule has 0 bridgehead atoms. The number of halogens is 1. The molecule has 0 spiro atoms. The van der Waals surface area contributed by atoms with E-state index in [1.807, 2.05) is 25.1 Å². The number of nitrogens with one attached hydrogen (secondary N) is 1. The van der Waals surface area contributed by atoms with Crippen molar-refractivity contribution in [1.82, 2.24) is 0 Å². The zero-order chi connectivity index (χ0) is 12.0. The molecule has 0 saturated heterocycles. The Morgan fingerprint density at radius 1 is 1.50 bits per heavy atom. The summed E-state index contributed by atoms with van der Waals surface area (Å²) in [7, 11) is 0. The summed E-state index contributed by atoms with van der Waals surface area (Å²) < 4.78 is 1.02. The second kappa shape index (κ2) is 6.97. The van der Waals surface area contributed by atoms with E-state index in [1.54, 1.807) is 11.8 Å². The molecule has 0 radical (unpaired) electrons. The summed E-state index contributed by atoms with van der Waals surface area (Å²) in [6.07, 6.45) is 1.11. The van der Waals surface area contributed by atoms with Gasteiger partial charge in [-0.15, -0.1) is 0 Å². The first-order chi connectivity index (χ1) is 7.63. The average Bonchev–Trinajstić information content (AvgIpc) is 2.24. The third kappa shape index (κ3) is 4.58. The zero-order valence-electron chi connectivity index (χ0n) is 9.55. The van der Waals surface area contributed by atoms with Gasteiger partial charge in [0.2, 0.25) is 5.91 Å². The van der Waals surface area contributed by atoms with Gasteiger partial charge in [0.1, 0.15) is 0 Å². The Labute approximate surface area is 109 Å². The molecule has 16 heavy (non-hydrogen) atoms. The molecule has 4 heteroatoms. The highest BCUT2D eigenvalue weighted by Gasteiger charge is 2.03. The minimum atomic E-state index is 0.0641. The maximum atomic E-state index is 11.5. The molecule has 88 valence electrons. The van der Waals surface area contributed by atoms with Crippen LogP contribution in [-0.4, -0.2) is 17.4 Å². The fraction of sp³-hybridized carbons (Fsp3) is 0.417. The normalized spacial score (nSPS) is 10.2. The quantitative estimate of drug-likeness (QED) is 0.837. The summed E-state index contributed by atoms with van der Waals surface area (Å²) in [4.78, 5) is 11.5. The van der Waals surface area contributed by atoms with E-state index in [9.17, 15) is 4.79 Å². The third-order valence-corrected chi connectivity index (χ3v) is 4.05. The molecule has 0 aromatic heterocycles. The maximum absolute atomic E-state index is 11.5. The predicted molar refractivity (Wildman–Crippen MR) is 75.1 cm³/mol. The molecule has 2 nitrogen and oxygen atoms in total. The number of thioether (sulfide) groups is 1. The molecule has 0 unspecified atom stereocenters. The van der Waals surface area contributed by atoms with E-state index in [0.29, 0.717) is 5.75 Å². The number of carbonyl (C=O) groups excluding carboxylic acids is 1. The first-order valence-corrected chi connectivity index (χ1v) is 7.22. The molecule has 0 atom stereocenters. The SMILES string of the molecule is CCCSCC(=O)Nc1ccc(C)c(Br)c1. The van der Waals surface area contributed by atoms with Gasteiger partial charge >= 0.3 is 0 Å².